The third-order valence-corrected chi connectivity index (χ3v) is 4.65. The van der Waals surface area contributed by atoms with Crippen LogP contribution in [-0.4, -0.2) is 13.1 Å². The molecule has 2 aromatic carbocycles. The maximum absolute atomic E-state index is 12.1. The third kappa shape index (κ3) is 2.31. The lowest BCUT2D eigenvalue weighted by Crippen LogP contribution is -2.45. The van der Waals surface area contributed by atoms with Crippen molar-refractivity contribution in [3.8, 4) is 11.1 Å². The van der Waals surface area contributed by atoms with Gasteiger partial charge >= 0.3 is 0 Å². The molecule has 21 heavy (non-hydrogen) atoms. The van der Waals surface area contributed by atoms with Crippen molar-refractivity contribution in [3.05, 3.63) is 49.8 Å². The van der Waals surface area contributed by atoms with Crippen LogP contribution >= 0.6 is 0 Å². The summed E-state index contributed by atoms with van der Waals surface area (Å²) in [5.41, 5.74) is 3.87. The first-order valence-corrected chi connectivity index (χ1v) is 7.65. The predicted octanol–water partition coefficient (Wildman–Crippen LogP) is 2.80. The number of benzene rings is 1. The van der Waals surface area contributed by atoms with Crippen LogP contribution in [0.1, 0.15) is 30.9 Å². The van der Waals surface area contributed by atoms with Gasteiger partial charge in [0.05, 0.1) is 5.56 Å². The van der Waals surface area contributed by atoms with Gasteiger partial charge in [-0.15, -0.1) is 0 Å². The van der Waals surface area contributed by atoms with Gasteiger partial charge in [-0.05, 0) is 49.3 Å². The van der Waals surface area contributed by atoms with E-state index in [1.165, 1.54) is 12.0 Å². The van der Waals surface area contributed by atoms with E-state index in [9.17, 15) is 9.59 Å². The molecule has 0 amide bonds. The molecule has 1 atom stereocenters. The normalized spacial score (nSPS) is 19.2. The van der Waals surface area contributed by atoms with Crippen LogP contribution in [-0.2, 0) is 0 Å². The summed E-state index contributed by atoms with van der Waals surface area (Å²) in [6, 6.07) is 5.99. The van der Waals surface area contributed by atoms with E-state index >= 15 is 0 Å². The van der Waals surface area contributed by atoms with Crippen LogP contribution in [0.15, 0.2) is 27.8 Å². The van der Waals surface area contributed by atoms with E-state index in [1.54, 1.807) is 0 Å². The molecule has 2 aromatic rings. The molecular weight excluding hydrogens is 262 g/mol. The Morgan fingerprint density at radius 3 is 2.52 bits per heavy atom. The van der Waals surface area contributed by atoms with E-state index in [4.69, 9.17) is 0 Å². The molecule has 1 unspecified atom stereocenters. The van der Waals surface area contributed by atoms with Crippen LogP contribution in [0.3, 0.4) is 0 Å². The fraction of sp³-hybridized carbons (Fsp3) is 0.444. The highest BCUT2D eigenvalue weighted by Crippen LogP contribution is 2.30. The fourth-order valence-corrected chi connectivity index (χ4v) is 3.24. The Balaban J connectivity index is 2.04. The third-order valence-electron chi connectivity index (χ3n) is 4.65. The first kappa shape index (κ1) is 14.1. The Morgan fingerprint density at radius 1 is 1.10 bits per heavy atom. The van der Waals surface area contributed by atoms with Crippen molar-refractivity contribution < 1.29 is 0 Å². The second kappa shape index (κ2) is 5.14. The molecule has 0 saturated carbocycles. The van der Waals surface area contributed by atoms with E-state index < -0.39 is 0 Å². The molecule has 0 aliphatic carbocycles. The Bertz CT molecular complexity index is 753. The average molecular weight is 283 g/mol. The van der Waals surface area contributed by atoms with Gasteiger partial charge < -0.3 is 4.90 Å². The topological polar surface area (TPSA) is 37.4 Å². The highest BCUT2D eigenvalue weighted by molar-refractivity contribution is 5.83. The highest BCUT2D eigenvalue weighted by Gasteiger charge is 2.29. The van der Waals surface area contributed by atoms with Gasteiger partial charge in [0.25, 0.3) is 0 Å². The molecule has 0 spiro atoms. The summed E-state index contributed by atoms with van der Waals surface area (Å²) in [4.78, 5) is 26.2. The van der Waals surface area contributed by atoms with Crippen molar-refractivity contribution in [3.63, 3.8) is 0 Å². The van der Waals surface area contributed by atoms with Crippen molar-refractivity contribution in [2.45, 2.75) is 33.6 Å². The van der Waals surface area contributed by atoms with E-state index in [0.29, 0.717) is 17.2 Å². The lowest BCUT2D eigenvalue weighted by Gasteiger charge is -2.34. The number of rotatable bonds is 2. The quantitative estimate of drug-likeness (QED) is 0.795. The summed E-state index contributed by atoms with van der Waals surface area (Å²) in [7, 11) is 0. The van der Waals surface area contributed by atoms with Crippen LogP contribution in [0.25, 0.3) is 11.1 Å². The number of anilines is 1. The Morgan fingerprint density at radius 2 is 1.86 bits per heavy atom. The second-order valence-corrected chi connectivity index (χ2v) is 6.37. The Labute approximate surface area is 124 Å². The number of piperidine rings is 1. The lowest BCUT2D eigenvalue weighted by atomic mass is 9.92. The van der Waals surface area contributed by atoms with Crippen LogP contribution in [0.4, 0.5) is 5.69 Å². The van der Waals surface area contributed by atoms with Crippen LogP contribution in [0.5, 0.6) is 0 Å². The first-order valence-electron chi connectivity index (χ1n) is 7.65. The SMILES string of the molecule is Cc1ccc(-c2c(N3CCCC(C)C3)c(=O)c2=O)cc1C. The maximum atomic E-state index is 12.1. The van der Waals surface area contributed by atoms with Gasteiger partial charge in [-0.1, -0.05) is 25.1 Å². The number of hydrogen-bond acceptors (Lipinski definition) is 3. The van der Waals surface area contributed by atoms with Gasteiger partial charge in [-0.2, -0.15) is 0 Å². The molecule has 0 aromatic heterocycles. The van der Waals surface area contributed by atoms with Gasteiger partial charge in [0, 0.05) is 13.1 Å². The number of hydrogen-bond donors (Lipinski definition) is 0. The molecule has 3 heteroatoms. The van der Waals surface area contributed by atoms with E-state index in [0.717, 1.165) is 30.6 Å². The van der Waals surface area contributed by atoms with E-state index in [2.05, 4.69) is 18.7 Å². The van der Waals surface area contributed by atoms with E-state index in [1.807, 2.05) is 25.1 Å². The molecule has 1 saturated heterocycles. The minimum atomic E-state index is -0.327. The van der Waals surface area contributed by atoms with Gasteiger partial charge in [0.15, 0.2) is 0 Å². The maximum Gasteiger partial charge on any atom is 0.250 e. The van der Waals surface area contributed by atoms with Gasteiger partial charge in [-0.3, -0.25) is 9.59 Å². The molecule has 3 nitrogen and oxygen atoms in total. The summed E-state index contributed by atoms with van der Waals surface area (Å²) in [6.45, 7) is 8.05. The second-order valence-electron chi connectivity index (χ2n) is 6.37. The Kier molecular flexibility index (Phi) is 3.44. The summed E-state index contributed by atoms with van der Waals surface area (Å²) >= 11 is 0. The summed E-state index contributed by atoms with van der Waals surface area (Å²) in [5.74, 6) is 0.579. The highest BCUT2D eigenvalue weighted by atomic mass is 16.2. The molecule has 1 aliphatic rings. The van der Waals surface area contributed by atoms with Gasteiger partial charge in [-0.25, -0.2) is 0 Å². The van der Waals surface area contributed by atoms with Crippen molar-refractivity contribution in [1.82, 2.24) is 0 Å². The Hall–Kier alpha value is -1.90. The molecule has 0 radical (unpaired) electrons. The number of aryl methyl sites for hydroxylation is 2. The molecular formula is C18H21NO2. The van der Waals surface area contributed by atoms with Crippen LogP contribution in [0.2, 0.25) is 0 Å². The minimum Gasteiger partial charge on any atom is -0.367 e. The number of nitrogens with zero attached hydrogens (tertiary/aromatic N) is 1. The molecule has 3 rings (SSSR count). The summed E-state index contributed by atoms with van der Waals surface area (Å²) < 4.78 is 0. The van der Waals surface area contributed by atoms with Crippen molar-refractivity contribution in [2.75, 3.05) is 18.0 Å². The monoisotopic (exact) mass is 283 g/mol. The zero-order valence-electron chi connectivity index (χ0n) is 12.9. The fourth-order valence-electron chi connectivity index (χ4n) is 3.24. The van der Waals surface area contributed by atoms with E-state index in [-0.39, 0.29) is 10.9 Å². The lowest BCUT2D eigenvalue weighted by molar-refractivity contribution is 0.446. The largest absolute Gasteiger partial charge is 0.367 e. The zero-order valence-corrected chi connectivity index (χ0v) is 12.9. The van der Waals surface area contributed by atoms with Crippen LogP contribution < -0.4 is 15.8 Å². The zero-order chi connectivity index (χ0) is 15.1. The van der Waals surface area contributed by atoms with Gasteiger partial charge in [0.2, 0.25) is 10.9 Å². The van der Waals surface area contributed by atoms with Crippen LogP contribution in [0, 0.1) is 19.8 Å². The van der Waals surface area contributed by atoms with Crippen molar-refractivity contribution >= 4 is 5.69 Å². The smallest absolute Gasteiger partial charge is 0.250 e. The first-order chi connectivity index (χ1) is 9.99. The predicted molar refractivity (Wildman–Crippen MR) is 86.9 cm³/mol. The molecule has 1 fully saturated rings. The molecule has 110 valence electrons. The molecule has 1 heterocycles. The average Bonchev–Trinajstić information content (AvgIpc) is 2.46. The van der Waals surface area contributed by atoms with Gasteiger partial charge in [0.1, 0.15) is 5.69 Å². The van der Waals surface area contributed by atoms with Crippen molar-refractivity contribution in [2.24, 2.45) is 5.92 Å². The molecule has 0 N–H and O–H groups in total. The van der Waals surface area contributed by atoms with Crippen molar-refractivity contribution in [1.29, 1.82) is 0 Å². The molecule has 1 aliphatic heterocycles. The summed E-state index contributed by atoms with van der Waals surface area (Å²) in [5, 5.41) is 0. The summed E-state index contributed by atoms with van der Waals surface area (Å²) in [6.07, 6.45) is 2.29. The minimum absolute atomic E-state index is 0.308. The standard InChI is InChI=1S/C18H21NO2/c1-11-5-4-8-19(10-11)16-15(17(20)18(16)21)14-7-6-12(2)13(3)9-14/h6-7,9,11H,4-5,8,10H2,1-3H3. The molecule has 0 bridgehead atoms.